The van der Waals surface area contributed by atoms with E-state index in [9.17, 15) is 4.79 Å². The van der Waals surface area contributed by atoms with E-state index in [4.69, 9.17) is 9.84 Å². The Morgan fingerprint density at radius 3 is 2.88 bits per heavy atom. The van der Waals surface area contributed by atoms with Crippen LogP contribution in [-0.4, -0.2) is 27.1 Å². The maximum atomic E-state index is 10.9. The fourth-order valence-corrected chi connectivity index (χ4v) is 1.52. The molecule has 5 heteroatoms. The third kappa shape index (κ3) is 2.33. The summed E-state index contributed by atoms with van der Waals surface area (Å²) in [5, 5.41) is 9.66. The number of hydrogen-bond donors (Lipinski definition) is 1. The van der Waals surface area contributed by atoms with Gasteiger partial charge >= 0.3 is 5.97 Å². The number of aromatic nitrogens is 2. The number of hydrogen-bond acceptors (Lipinski definition) is 4. The van der Waals surface area contributed by atoms with Crippen molar-refractivity contribution in [3.05, 3.63) is 30.6 Å². The summed E-state index contributed by atoms with van der Waals surface area (Å²) in [7, 11) is 0. The van der Waals surface area contributed by atoms with Gasteiger partial charge in [0.1, 0.15) is 6.33 Å². The molecule has 5 nitrogen and oxygen atoms in total. The number of ether oxygens (including phenoxy) is 1. The quantitative estimate of drug-likeness (QED) is 0.871. The minimum Gasteiger partial charge on any atom is -0.479 e. The van der Waals surface area contributed by atoms with E-state index >= 15 is 0 Å². The van der Waals surface area contributed by atoms with Gasteiger partial charge in [-0.1, -0.05) is 19.1 Å². The van der Waals surface area contributed by atoms with Crippen LogP contribution in [0.2, 0.25) is 0 Å². The molecule has 0 amide bonds. The van der Waals surface area contributed by atoms with Crippen LogP contribution >= 0.6 is 0 Å². The lowest BCUT2D eigenvalue weighted by atomic mass is 10.2. The summed E-state index contributed by atoms with van der Waals surface area (Å²) in [5.41, 5.74) is 0.734. The Labute approximate surface area is 98.1 Å². The highest BCUT2D eigenvalue weighted by atomic mass is 16.5. The number of carboxylic acids is 1. The van der Waals surface area contributed by atoms with Crippen molar-refractivity contribution in [1.82, 2.24) is 9.97 Å². The van der Waals surface area contributed by atoms with Gasteiger partial charge in [0.05, 0.1) is 10.9 Å². The maximum Gasteiger partial charge on any atom is 0.344 e. The first-order valence-electron chi connectivity index (χ1n) is 5.31. The molecule has 0 aliphatic heterocycles. The van der Waals surface area contributed by atoms with Crippen LogP contribution in [0.25, 0.3) is 10.9 Å². The topological polar surface area (TPSA) is 72.3 Å². The van der Waals surface area contributed by atoms with Crippen LogP contribution in [0.4, 0.5) is 0 Å². The largest absolute Gasteiger partial charge is 0.479 e. The van der Waals surface area contributed by atoms with Gasteiger partial charge in [0.15, 0.2) is 6.10 Å². The molecule has 1 aromatic carbocycles. The summed E-state index contributed by atoms with van der Waals surface area (Å²) >= 11 is 0. The molecule has 2 rings (SSSR count). The molecule has 0 saturated heterocycles. The zero-order valence-corrected chi connectivity index (χ0v) is 9.33. The molecule has 0 aliphatic carbocycles. The minimum atomic E-state index is -0.991. The highest BCUT2D eigenvalue weighted by Crippen LogP contribution is 2.22. The van der Waals surface area contributed by atoms with Gasteiger partial charge in [-0.05, 0) is 18.6 Å². The van der Waals surface area contributed by atoms with Gasteiger partial charge < -0.3 is 9.84 Å². The van der Waals surface area contributed by atoms with E-state index in [1.807, 2.05) is 18.2 Å². The average molecular weight is 232 g/mol. The molecule has 1 unspecified atom stereocenters. The molecule has 1 N–H and O–H groups in total. The predicted octanol–water partition coefficient (Wildman–Crippen LogP) is 1.87. The van der Waals surface area contributed by atoms with Crippen LogP contribution < -0.4 is 4.74 Å². The molecular formula is C12H12N2O3. The fourth-order valence-electron chi connectivity index (χ4n) is 1.52. The number of carbonyl (C=O) groups is 1. The Morgan fingerprint density at radius 1 is 1.41 bits per heavy atom. The minimum absolute atomic E-state index is 0.310. The number of rotatable bonds is 4. The van der Waals surface area contributed by atoms with Gasteiger partial charge in [-0.3, -0.25) is 0 Å². The van der Waals surface area contributed by atoms with Crippen LogP contribution in [0.1, 0.15) is 13.3 Å². The zero-order chi connectivity index (χ0) is 12.3. The Hall–Kier alpha value is -2.17. The Bertz CT molecular complexity index is 537. The van der Waals surface area contributed by atoms with Crippen molar-refractivity contribution in [2.45, 2.75) is 19.4 Å². The molecule has 17 heavy (non-hydrogen) atoms. The smallest absolute Gasteiger partial charge is 0.344 e. The van der Waals surface area contributed by atoms with E-state index in [2.05, 4.69) is 9.97 Å². The molecule has 0 radical (unpaired) electrons. The van der Waals surface area contributed by atoms with Crippen LogP contribution in [-0.2, 0) is 4.79 Å². The van der Waals surface area contributed by atoms with Crippen molar-refractivity contribution in [2.24, 2.45) is 0 Å². The van der Waals surface area contributed by atoms with Gasteiger partial charge in [-0.2, -0.15) is 0 Å². The van der Waals surface area contributed by atoms with Crippen LogP contribution in [0.15, 0.2) is 30.6 Å². The van der Waals surface area contributed by atoms with Gasteiger partial charge in [0.25, 0.3) is 0 Å². The number of fused-ring (bicyclic) bond motifs is 1. The molecule has 0 bridgehead atoms. The number of benzene rings is 1. The van der Waals surface area contributed by atoms with Crippen LogP contribution in [0.3, 0.4) is 0 Å². The predicted molar refractivity (Wildman–Crippen MR) is 61.9 cm³/mol. The molecule has 2 aromatic rings. The van der Waals surface area contributed by atoms with Gasteiger partial charge in [-0.25, -0.2) is 14.8 Å². The lowest BCUT2D eigenvalue weighted by Crippen LogP contribution is -2.26. The van der Waals surface area contributed by atoms with E-state index in [0.29, 0.717) is 12.3 Å². The first-order valence-corrected chi connectivity index (χ1v) is 5.31. The van der Waals surface area contributed by atoms with E-state index in [0.717, 1.165) is 10.9 Å². The molecular weight excluding hydrogens is 220 g/mol. The zero-order valence-electron chi connectivity index (χ0n) is 9.33. The second kappa shape index (κ2) is 4.78. The van der Waals surface area contributed by atoms with E-state index in [-0.39, 0.29) is 0 Å². The van der Waals surface area contributed by atoms with Gasteiger partial charge in [0, 0.05) is 0 Å². The molecule has 1 heterocycles. The summed E-state index contributed by atoms with van der Waals surface area (Å²) in [5.74, 6) is -0.681. The highest BCUT2D eigenvalue weighted by Gasteiger charge is 2.18. The average Bonchev–Trinajstić information content (AvgIpc) is 2.35. The van der Waals surface area contributed by atoms with Crippen molar-refractivity contribution >= 4 is 16.9 Å². The van der Waals surface area contributed by atoms with Crippen molar-refractivity contribution in [3.63, 3.8) is 0 Å². The third-order valence-electron chi connectivity index (χ3n) is 2.41. The maximum absolute atomic E-state index is 10.9. The summed E-state index contributed by atoms with van der Waals surface area (Å²) in [4.78, 5) is 19.0. The SMILES string of the molecule is CCC(Oc1ncnc2ccccc12)C(=O)O. The number of carboxylic acid groups (broad SMARTS) is 1. The summed E-state index contributed by atoms with van der Waals surface area (Å²) < 4.78 is 5.39. The summed E-state index contributed by atoms with van der Waals surface area (Å²) in [6.45, 7) is 1.75. The van der Waals surface area contributed by atoms with E-state index < -0.39 is 12.1 Å². The Morgan fingerprint density at radius 2 is 2.18 bits per heavy atom. The van der Waals surface area contributed by atoms with Crippen molar-refractivity contribution in [2.75, 3.05) is 0 Å². The van der Waals surface area contributed by atoms with Crippen molar-refractivity contribution < 1.29 is 14.6 Å². The second-order valence-corrected chi connectivity index (χ2v) is 3.55. The molecule has 0 saturated carbocycles. The molecule has 0 fully saturated rings. The van der Waals surface area contributed by atoms with E-state index in [1.54, 1.807) is 13.0 Å². The summed E-state index contributed by atoms with van der Waals surface area (Å²) in [6, 6.07) is 7.32. The molecule has 88 valence electrons. The Kier molecular flexibility index (Phi) is 3.18. The number of aliphatic carboxylic acids is 1. The van der Waals surface area contributed by atoms with Crippen LogP contribution in [0.5, 0.6) is 5.88 Å². The fraction of sp³-hybridized carbons (Fsp3) is 0.250. The Balaban J connectivity index is 2.38. The number of nitrogens with zero attached hydrogens (tertiary/aromatic N) is 2. The normalized spacial score (nSPS) is 12.3. The van der Waals surface area contributed by atoms with Gasteiger partial charge in [0.2, 0.25) is 5.88 Å². The van der Waals surface area contributed by atoms with E-state index in [1.165, 1.54) is 6.33 Å². The number of para-hydroxylation sites is 1. The molecule has 0 spiro atoms. The standard InChI is InChI=1S/C12H12N2O3/c1-2-10(12(15)16)17-11-8-5-3-4-6-9(8)13-7-14-11/h3-7,10H,2H2,1H3,(H,15,16). The first-order chi connectivity index (χ1) is 8.22. The lowest BCUT2D eigenvalue weighted by Gasteiger charge is -2.13. The molecule has 1 atom stereocenters. The monoisotopic (exact) mass is 232 g/mol. The second-order valence-electron chi connectivity index (χ2n) is 3.55. The summed E-state index contributed by atoms with van der Waals surface area (Å²) in [6.07, 6.45) is 0.869. The molecule has 1 aromatic heterocycles. The third-order valence-corrected chi connectivity index (χ3v) is 2.41. The lowest BCUT2D eigenvalue weighted by molar-refractivity contribution is -0.145. The van der Waals surface area contributed by atoms with Gasteiger partial charge in [-0.15, -0.1) is 0 Å². The first kappa shape index (κ1) is 11.3. The highest BCUT2D eigenvalue weighted by molar-refractivity contribution is 5.83. The van der Waals surface area contributed by atoms with Crippen molar-refractivity contribution in [3.8, 4) is 5.88 Å². The van der Waals surface area contributed by atoms with Crippen LogP contribution in [0, 0.1) is 0 Å². The van der Waals surface area contributed by atoms with Crippen molar-refractivity contribution in [1.29, 1.82) is 0 Å². The molecule has 0 aliphatic rings.